The summed E-state index contributed by atoms with van der Waals surface area (Å²) < 4.78 is 5.73. The molecule has 0 amide bonds. The van der Waals surface area contributed by atoms with Crippen LogP contribution in [0.25, 0.3) is 0 Å². The zero-order valence-electron chi connectivity index (χ0n) is 11.3. The molecule has 0 unspecified atom stereocenters. The summed E-state index contributed by atoms with van der Waals surface area (Å²) in [5, 5.41) is 10.3. The predicted molar refractivity (Wildman–Crippen MR) is 75.4 cm³/mol. The first-order valence-electron chi connectivity index (χ1n) is 6.41. The van der Waals surface area contributed by atoms with Crippen molar-refractivity contribution in [3.63, 3.8) is 0 Å². The van der Waals surface area contributed by atoms with Gasteiger partial charge in [0.1, 0.15) is 12.4 Å². The molecule has 18 heavy (non-hydrogen) atoms. The van der Waals surface area contributed by atoms with Crippen molar-refractivity contribution in [3.8, 4) is 5.75 Å². The van der Waals surface area contributed by atoms with Crippen LogP contribution in [0.15, 0.2) is 18.2 Å². The van der Waals surface area contributed by atoms with E-state index in [-0.39, 0.29) is 0 Å². The number of hydrogen-bond acceptors (Lipinski definition) is 3. The molecule has 0 spiro atoms. The van der Waals surface area contributed by atoms with E-state index in [1.54, 1.807) is 19.1 Å². The molecule has 1 atom stereocenters. The van der Waals surface area contributed by atoms with Crippen LogP contribution in [0.4, 0.5) is 0 Å². The second kappa shape index (κ2) is 7.62. The van der Waals surface area contributed by atoms with E-state index in [4.69, 9.17) is 16.3 Å². The van der Waals surface area contributed by atoms with Crippen LogP contribution in [-0.4, -0.2) is 36.2 Å². The van der Waals surface area contributed by atoms with Crippen LogP contribution >= 0.6 is 11.6 Å². The van der Waals surface area contributed by atoms with E-state index in [0.29, 0.717) is 17.4 Å². The van der Waals surface area contributed by atoms with Crippen LogP contribution < -0.4 is 4.74 Å². The van der Waals surface area contributed by atoms with Gasteiger partial charge >= 0.3 is 0 Å². The van der Waals surface area contributed by atoms with Gasteiger partial charge in [0.25, 0.3) is 0 Å². The summed E-state index contributed by atoms with van der Waals surface area (Å²) >= 11 is 5.92. The fraction of sp³-hybridized carbons (Fsp3) is 0.571. The quantitative estimate of drug-likeness (QED) is 0.827. The molecule has 1 N–H and O–H groups in total. The Hall–Kier alpha value is -0.770. The van der Waals surface area contributed by atoms with Crippen molar-refractivity contribution < 1.29 is 9.84 Å². The molecule has 0 aliphatic heterocycles. The van der Waals surface area contributed by atoms with Crippen LogP contribution in [0.3, 0.4) is 0 Å². The smallest absolute Gasteiger partial charge is 0.125 e. The molecule has 0 radical (unpaired) electrons. The molecule has 0 saturated carbocycles. The highest BCUT2D eigenvalue weighted by Gasteiger charge is 2.10. The average molecular weight is 272 g/mol. The summed E-state index contributed by atoms with van der Waals surface area (Å²) in [6, 6.07) is 5.34. The molecule has 1 aromatic carbocycles. The average Bonchev–Trinajstić information content (AvgIpc) is 2.36. The number of halogens is 1. The first kappa shape index (κ1) is 15.3. The number of hydrogen-bond donors (Lipinski definition) is 1. The molecule has 1 aromatic rings. The van der Waals surface area contributed by atoms with Gasteiger partial charge in [0.2, 0.25) is 0 Å². The highest BCUT2D eigenvalue weighted by molar-refractivity contribution is 6.30. The summed E-state index contributed by atoms with van der Waals surface area (Å²) in [5.74, 6) is 0.710. The van der Waals surface area contributed by atoms with E-state index in [0.717, 1.165) is 25.2 Å². The van der Waals surface area contributed by atoms with Crippen LogP contribution in [0, 0.1) is 0 Å². The summed E-state index contributed by atoms with van der Waals surface area (Å²) in [4.78, 5) is 2.29. The van der Waals surface area contributed by atoms with Crippen LogP contribution in [-0.2, 0) is 0 Å². The van der Waals surface area contributed by atoms with Crippen molar-refractivity contribution >= 4 is 11.6 Å². The van der Waals surface area contributed by atoms with E-state index in [1.807, 2.05) is 6.07 Å². The van der Waals surface area contributed by atoms with Gasteiger partial charge in [-0.2, -0.15) is 0 Å². The molecule has 0 bridgehead atoms. The number of likely N-dealkylation sites (N-methyl/N-ethyl adjacent to an activating group) is 1. The third-order valence-electron chi connectivity index (χ3n) is 2.98. The van der Waals surface area contributed by atoms with Gasteiger partial charge in [-0.1, -0.05) is 25.4 Å². The van der Waals surface area contributed by atoms with Gasteiger partial charge in [0.15, 0.2) is 0 Å². The van der Waals surface area contributed by atoms with Gasteiger partial charge in [-0.05, 0) is 38.2 Å². The summed E-state index contributed by atoms with van der Waals surface area (Å²) in [6.07, 6.45) is -0.577. The lowest BCUT2D eigenvalue weighted by atomic mass is 10.1. The molecular weight excluding hydrogens is 250 g/mol. The van der Waals surface area contributed by atoms with Gasteiger partial charge < -0.3 is 14.7 Å². The molecule has 0 fully saturated rings. The van der Waals surface area contributed by atoms with E-state index < -0.39 is 6.10 Å². The SMILES string of the molecule is CCN(CC)CCOc1ccc(Cl)cc1[C@@H](C)O. The molecule has 0 aliphatic rings. The van der Waals surface area contributed by atoms with E-state index in [1.165, 1.54) is 0 Å². The van der Waals surface area contributed by atoms with Crippen molar-refractivity contribution in [2.24, 2.45) is 0 Å². The van der Waals surface area contributed by atoms with Gasteiger partial charge in [0.05, 0.1) is 6.10 Å². The molecule has 3 nitrogen and oxygen atoms in total. The zero-order valence-corrected chi connectivity index (χ0v) is 12.1. The summed E-state index contributed by atoms with van der Waals surface area (Å²) in [6.45, 7) is 9.51. The minimum atomic E-state index is -0.577. The number of benzene rings is 1. The Morgan fingerprint density at radius 2 is 2.00 bits per heavy atom. The maximum Gasteiger partial charge on any atom is 0.125 e. The van der Waals surface area contributed by atoms with Crippen molar-refractivity contribution in [3.05, 3.63) is 28.8 Å². The van der Waals surface area contributed by atoms with Crippen LogP contribution in [0.1, 0.15) is 32.4 Å². The Kier molecular flexibility index (Phi) is 6.47. The number of nitrogens with zero attached hydrogens (tertiary/aromatic N) is 1. The lowest BCUT2D eigenvalue weighted by Crippen LogP contribution is -2.28. The lowest BCUT2D eigenvalue weighted by molar-refractivity contribution is 0.184. The number of ether oxygens (including phenoxy) is 1. The highest BCUT2D eigenvalue weighted by Crippen LogP contribution is 2.28. The Morgan fingerprint density at radius 1 is 1.33 bits per heavy atom. The summed E-state index contributed by atoms with van der Waals surface area (Å²) in [5.41, 5.74) is 0.738. The number of aliphatic hydroxyl groups excluding tert-OH is 1. The summed E-state index contributed by atoms with van der Waals surface area (Å²) in [7, 11) is 0. The van der Waals surface area contributed by atoms with Crippen molar-refractivity contribution in [1.82, 2.24) is 4.90 Å². The van der Waals surface area contributed by atoms with E-state index in [2.05, 4.69) is 18.7 Å². The Morgan fingerprint density at radius 3 is 2.56 bits per heavy atom. The predicted octanol–water partition coefficient (Wildman–Crippen LogP) is 3.11. The normalized spacial score (nSPS) is 12.8. The molecule has 0 saturated heterocycles. The van der Waals surface area contributed by atoms with Gasteiger partial charge in [-0.15, -0.1) is 0 Å². The van der Waals surface area contributed by atoms with Crippen molar-refractivity contribution in [2.45, 2.75) is 26.9 Å². The Balaban J connectivity index is 2.61. The Bertz CT molecular complexity index is 365. The fourth-order valence-corrected chi connectivity index (χ4v) is 1.98. The second-order valence-corrected chi connectivity index (χ2v) is 4.67. The van der Waals surface area contributed by atoms with Gasteiger partial charge in [-0.3, -0.25) is 0 Å². The molecule has 0 aliphatic carbocycles. The molecule has 4 heteroatoms. The van der Waals surface area contributed by atoms with Crippen LogP contribution in [0.2, 0.25) is 5.02 Å². The van der Waals surface area contributed by atoms with Crippen molar-refractivity contribution in [2.75, 3.05) is 26.2 Å². The molecule has 0 heterocycles. The molecule has 0 aromatic heterocycles. The topological polar surface area (TPSA) is 32.7 Å². The monoisotopic (exact) mass is 271 g/mol. The minimum Gasteiger partial charge on any atom is -0.492 e. The minimum absolute atomic E-state index is 0.577. The third-order valence-corrected chi connectivity index (χ3v) is 3.22. The Labute approximate surface area is 114 Å². The second-order valence-electron chi connectivity index (χ2n) is 4.23. The molecular formula is C14H22ClNO2. The molecule has 1 rings (SSSR count). The highest BCUT2D eigenvalue weighted by atomic mass is 35.5. The number of rotatable bonds is 7. The number of aliphatic hydroxyl groups is 1. The first-order valence-corrected chi connectivity index (χ1v) is 6.78. The van der Waals surface area contributed by atoms with E-state index in [9.17, 15) is 5.11 Å². The lowest BCUT2D eigenvalue weighted by Gasteiger charge is -2.19. The standard InChI is InChI=1S/C14H22ClNO2/c1-4-16(5-2)8-9-18-14-7-6-12(15)10-13(14)11(3)17/h6-7,10-11,17H,4-5,8-9H2,1-3H3/t11-/m1/s1. The first-order chi connectivity index (χ1) is 8.58. The van der Waals surface area contributed by atoms with Gasteiger partial charge in [0, 0.05) is 17.1 Å². The largest absolute Gasteiger partial charge is 0.492 e. The maximum atomic E-state index is 9.68. The maximum absolute atomic E-state index is 9.68. The fourth-order valence-electron chi connectivity index (χ4n) is 1.80. The van der Waals surface area contributed by atoms with E-state index >= 15 is 0 Å². The van der Waals surface area contributed by atoms with Crippen LogP contribution in [0.5, 0.6) is 5.75 Å². The zero-order chi connectivity index (χ0) is 13.5. The van der Waals surface area contributed by atoms with Crippen molar-refractivity contribution in [1.29, 1.82) is 0 Å². The van der Waals surface area contributed by atoms with Gasteiger partial charge in [-0.25, -0.2) is 0 Å². The molecule has 102 valence electrons. The third kappa shape index (κ3) is 4.48.